The molecule has 1 unspecified atom stereocenters. The van der Waals surface area contributed by atoms with Crippen molar-refractivity contribution in [2.75, 3.05) is 6.61 Å². The summed E-state index contributed by atoms with van der Waals surface area (Å²) in [7, 11) is 0. The Morgan fingerprint density at radius 3 is 2.43 bits per heavy atom. The number of aryl methyl sites for hydroxylation is 1. The molecule has 1 amide bonds. The minimum atomic E-state index is -1.07. The molecule has 1 heterocycles. The smallest absolute Gasteiger partial charge is 0.305 e. The van der Waals surface area contributed by atoms with E-state index >= 15 is 0 Å². The Labute approximate surface area is 203 Å². The van der Waals surface area contributed by atoms with Gasteiger partial charge in [0.1, 0.15) is 18.1 Å². The molecule has 0 spiro atoms. The molecule has 0 aliphatic carbocycles. The highest BCUT2D eigenvalue weighted by atomic mass is 19.1. The lowest BCUT2D eigenvalue weighted by atomic mass is 9.90. The van der Waals surface area contributed by atoms with E-state index in [-0.39, 0.29) is 30.3 Å². The second-order valence-corrected chi connectivity index (χ2v) is 9.40. The number of rotatable bonds is 9. The van der Waals surface area contributed by atoms with Crippen LogP contribution in [0.15, 0.2) is 54.6 Å². The topological polar surface area (TPSA) is 114 Å². The zero-order valence-electron chi connectivity index (χ0n) is 20.2. The lowest BCUT2D eigenvalue weighted by Gasteiger charge is -2.25. The molecule has 0 fully saturated rings. The average Bonchev–Trinajstić information content (AvgIpc) is 3.21. The fourth-order valence-electron chi connectivity index (χ4n) is 3.41. The third kappa shape index (κ3) is 6.45. The van der Waals surface area contributed by atoms with Crippen molar-refractivity contribution in [2.24, 2.45) is 5.41 Å². The van der Waals surface area contributed by atoms with Crippen LogP contribution >= 0.6 is 0 Å². The van der Waals surface area contributed by atoms with Gasteiger partial charge in [-0.25, -0.2) is 4.39 Å². The van der Waals surface area contributed by atoms with E-state index in [1.807, 2.05) is 39.8 Å². The molecule has 1 aromatic heterocycles. The molecule has 3 rings (SSSR count). The molecule has 3 N–H and O–H groups in total. The first kappa shape index (κ1) is 25.9. The van der Waals surface area contributed by atoms with Crippen LogP contribution in [0.3, 0.4) is 0 Å². The number of carbonyl (C=O) groups is 2. The zero-order valence-corrected chi connectivity index (χ0v) is 20.2. The first-order chi connectivity index (χ1) is 16.5. The second-order valence-electron chi connectivity index (χ2n) is 9.40. The van der Waals surface area contributed by atoms with Gasteiger partial charge in [0, 0.05) is 6.07 Å². The van der Waals surface area contributed by atoms with Crippen LogP contribution in [0.2, 0.25) is 0 Å². The molecule has 0 saturated heterocycles. The number of aromatic nitrogens is 2. The molecular weight excluding hydrogens is 453 g/mol. The number of carboxylic acid groups (broad SMARTS) is 1. The molecular formula is C26H30FN3O5. The van der Waals surface area contributed by atoms with E-state index in [9.17, 15) is 24.2 Å². The molecule has 0 bridgehead atoms. The Morgan fingerprint density at radius 1 is 1.14 bits per heavy atom. The van der Waals surface area contributed by atoms with Gasteiger partial charge in [-0.2, -0.15) is 9.78 Å². The molecule has 186 valence electrons. The maximum absolute atomic E-state index is 14.5. The third-order valence-corrected chi connectivity index (χ3v) is 5.63. The largest absolute Gasteiger partial charge is 0.481 e. The van der Waals surface area contributed by atoms with Gasteiger partial charge < -0.3 is 20.3 Å². The van der Waals surface area contributed by atoms with Gasteiger partial charge in [-0.15, -0.1) is 0 Å². The maximum atomic E-state index is 14.5. The molecule has 0 aliphatic rings. The second kappa shape index (κ2) is 10.7. The third-order valence-electron chi connectivity index (χ3n) is 5.63. The van der Waals surface area contributed by atoms with Crippen LogP contribution in [0, 0.1) is 18.2 Å². The molecule has 3 aromatic rings. The number of hydrogen-bond donors (Lipinski definition) is 3. The van der Waals surface area contributed by atoms with E-state index in [1.54, 1.807) is 18.2 Å². The van der Waals surface area contributed by atoms with Gasteiger partial charge in [0.2, 0.25) is 5.88 Å². The summed E-state index contributed by atoms with van der Waals surface area (Å²) >= 11 is 0. The maximum Gasteiger partial charge on any atom is 0.305 e. The fraction of sp³-hybridized carbons (Fsp3) is 0.346. The zero-order chi connectivity index (χ0) is 25.8. The monoisotopic (exact) mass is 483 g/mol. The van der Waals surface area contributed by atoms with E-state index in [1.165, 1.54) is 24.3 Å². The number of amides is 1. The summed E-state index contributed by atoms with van der Waals surface area (Å²) in [6, 6.07) is 13.6. The molecule has 0 radical (unpaired) electrons. The van der Waals surface area contributed by atoms with Gasteiger partial charge in [0.05, 0.1) is 18.6 Å². The van der Waals surface area contributed by atoms with E-state index in [4.69, 9.17) is 4.74 Å². The Morgan fingerprint density at radius 2 is 1.80 bits per heavy atom. The van der Waals surface area contributed by atoms with Crippen molar-refractivity contribution in [1.82, 2.24) is 15.1 Å². The van der Waals surface area contributed by atoms with Crippen molar-refractivity contribution >= 4 is 11.9 Å². The van der Waals surface area contributed by atoms with Gasteiger partial charge in [0.25, 0.3) is 5.91 Å². The average molecular weight is 484 g/mol. The molecule has 0 aliphatic heterocycles. The minimum Gasteiger partial charge on any atom is -0.481 e. The van der Waals surface area contributed by atoms with E-state index in [0.29, 0.717) is 5.56 Å². The number of halogens is 1. The van der Waals surface area contributed by atoms with Crippen LogP contribution in [-0.4, -0.2) is 44.6 Å². The SMILES string of the molecule is Cc1ccccc1C(CC(=O)O)NC(=O)c1cc(OC[C@H](O)C(C)(C)C)n(-c2ccccc2F)n1. The number of carbonyl (C=O) groups excluding carboxylic acids is 1. The van der Waals surface area contributed by atoms with E-state index < -0.39 is 35.3 Å². The van der Waals surface area contributed by atoms with Gasteiger partial charge in [-0.3, -0.25) is 9.59 Å². The highest BCUT2D eigenvalue weighted by Crippen LogP contribution is 2.26. The van der Waals surface area contributed by atoms with Crippen LogP contribution in [0.25, 0.3) is 5.69 Å². The lowest BCUT2D eigenvalue weighted by molar-refractivity contribution is -0.137. The van der Waals surface area contributed by atoms with Crippen molar-refractivity contribution in [1.29, 1.82) is 0 Å². The molecule has 2 aromatic carbocycles. The summed E-state index contributed by atoms with van der Waals surface area (Å²) in [6.07, 6.45) is -1.16. The summed E-state index contributed by atoms with van der Waals surface area (Å²) in [6.45, 7) is 7.28. The predicted molar refractivity (Wildman–Crippen MR) is 128 cm³/mol. The van der Waals surface area contributed by atoms with Crippen molar-refractivity contribution in [3.05, 3.63) is 77.2 Å². The quantitative estimate of drug-likeness (QED) is 0.423. The molecule has 0 saturated carbocycles. The first-order valence-electron chi connectivity index (χ1n) is 11.2. The van der Waals surface area contributed by atoms with Crippen LogP contribution in [0.4, 0.5) is 4.39 Å². The summed E-state index contributed by atoms with van der Waals surface area (Å²) in [4.78, 5) is 24.6. The number of benzene rings is 2. The highest BCUT2D eigenvalue weighted by Gasteiger charge is 2.26. The molecule has 8 nitrogen and oxygen atoms in total. The summed E-state index contributed by atoms with van der Waals surface area (Å²) in [5, 5.41) is 26.7. The fourth-order valence-corrected chi connectivity index (χ4v) is 3.41. The highest BCUT2D eigenvalue weighted by molar-refractivity contribution is 5.93. The standard InChI is InChI=1S/C26H30FN3O5/c1-16-9-5-6-10-17(16)19(14-24(32)33)28-25(34)20-13-23(35-15-22(31)26(2,3)4)30(29-20)21-12-8-7-11-18(21)27/h5-13,19,22,31H,14-15H2,1-4H3,(H,28,34)(H,32,33)/t19?,22-/m0/s1. The van der Waals surface area contributed by atoms with Gasteiger partial charge in [-0.05, 0) is 35.6 Å². The van der Waals surface area contributed by atoms with Crippen LogP contribution in [0.1, 0.15) is 54.8 Å². The Kier molecular flexibility index (Phi) is 7.91. The summed E-state index contributed by atoms with van der Waals surface area (Å²) in [5.74, 6) is -2.23. The summed E-state index contributed by atoms with van der Waals surface area (Å²) in [5.41, 5.74) is 1.02. The first-order valence-corrected chi connectivity index (χ1v) is 11.2. The van der Waals surface area contributed by atoms with E-state index in [2.05, 4.69) is 10.4 Å². The number of carboxylic acids is 1. The van der Waals surface area contributed by atoms with Gasteiger partial charge in [-0.1, -0.05) is 57.2 Å². The lowest BCUT2D eigenvalue weighted by Crippen LogP contribution is -2.32. The number of para-hydroxylation sites is 1. The number of hydrogen-bond acceptors (Lipinski definition) is 5. The number of nitrogens with zero attached hydrogens (tertiary/aromatic N) is 2. The Balaban J connectivity index is 1.94. The van der Waals surface area contributed by atoms with Crippen molar-refractivity contribution in [3.8, 4) is 11.6 Å². The predicted octanol–water partition coefficient (Wildman–Crippen LogP) is 4.05. The van der Waals surface area contributed by atoms with Gasteiger partial charge >= 0.3 is 5.97 Å². The number of nitrogens with one attached hydrogen (secondary N) is 1. The normalized spacial score (nSPS) is 13.2. The van der Waals surface area contributed by atoms with Crippen molar-refractivity contribution in [3.63, 3.8) is 0 Å². The number of aliphatic hydroxyl groups is 1. The van der Waals surface area contributed by atoms with Crippen LogP contribution in [0.5, 0.6) is 5.88 Å². The van der Waals surface area contributed by atoms with Gasteiger partial charge in [0.15, 0.2) is 5.69 Å². The summed E-state index contributed by atoms with van der Waals surface area (Å²) < 4.78 is 21.4. The van der Waals surface area contributed by atoms with Crippen LogP contribution in [-0.2, 0) is 4.79 Å². The van der Waals surface area contributed by atoms with E-state index in [0.717, 1.165) is 10.2 Å². The van der Waals surface area contributed by atoms with Crippen LogP contribution < -0.4 is 10.1 Å². The van der Waals surface area contributed by atoms with Crippen molar-refractivity contribution < 1.29 is 28.9 Å². The number of aliphatic carboxylic acids is 1. The molecule has 2 atom stereocenters. The molecule has 9 heteroatoms. The number of aliphatic hydroxyl groups excluding tert-OH is 1. The Hall–Kier alpha value is -3.72. The number of ether oxygens (including phenoxy) is 1. The molecule has 35 heavy (non-hydrogen) atoms. The Bertz CT molecular complexity index is 1200. The van der Waals surface area contributed by atoms with Crippen molar-refractivity contribution in [2.45, 2.75) is 46.3 Å². The minimum absolute atomic E-state index is 0.0628.